The number of nitrogens with two attached hydrogens (primary N) is 1. The second-order valence-corrected chi connectivity index (χ2v) is 5.25. The summed E-state index contributed by atoms with van der Waals surface area (Å²) in [5.41, 5.74) is 11.9. The van der Waals surface area contributed by atoms with Gasteiger partial charge in [-0.25, -0.2) is 0 Å². The summed E-state index contributed by atoms with van der Waals surface area (Å²) in [4.78, 5) is 4.75. The van der Waals surface area contributed by atoms with Crippen LogP contribution in [0.1, 0.15) is 23.2 Å². The molecule has 0 saturated heterocycles. The van der Waals surface area contributed by atoms with Crippen LogP contribution < -0.4 is 5.73 Å². The molecule has 2 nitrogen and oxygen atoms in total. The largest absolute Gasteiger partial charge is 0.398 e. The zero-order valence-corrected chi connectivity index (χ0v) is 10.8. The highest BCUT2D eigenvalue weighted by Crippen LogP contribution is 2.36. The second kappa shape index (κ2) is 3.45. The van der Waals surface area contributed by atoms with Gasteiger partial charge in [-0.15, -0.1) is 0 Å². The van der Waals surface area contributed by atoms with Crippen molar-refractivity contribution in [2.45, 2.75) is 26.2 Å². The van der Waals surface area contributed by atoms with Gasteiger partial charge in [-0.1, -0.05) is 6.07 Å². The van der Waals surface area contributed by atoms with E-state index in [0.29, 0.717) is 0 Å². The molecule has 0 atom stereocenters. The van der Waals surface area contributed by atoms with Crippen LogP contribution in [0.2, 0.25) is 0 Å². The summed E-state index contributed by atoms with van der Waals surface area (Å²) >= 11 is 3.56. The number of hydrogen-bond acceptors (Lipinski definition) is 2. The predicted molar refractivity (Wildman–Crippen MR) is 70.6 cm³/mol. The molecule has 1 aliphatic carbocycles. The Morgan fingerprint density at radius 3 is 2.94 bits per heavy atom. The zero-order valence-electron chi connectivity index (χ0n) is 9.18. The number of nitrogen functional groups attached to an aromatic ring is 1. The number of aryl methyl sites for hydroxylation is 2. The predicted octanol–water partition coefficient (Wildman–Crippen LogP) is 3.38. The molecule has 0 unspecified atom stereocenters. The Morgan fingerprint density at radius 1 is 1.31 bits per heavy atom. The average molecular weight is 277 g/mol. The van der Waals surface area contributed by atoms with Crippen LogP contribution in [0.4, 0.5) is 5.69 Å². The quantitative estimate of drug-likeness (QED) is 0.801. The molecule has 0 aliphatic heterocycles. The highest BCUT2D eigenvalue weighted by Gasteiger charge is 2.19. The van der Waals surface area contributed by atoms with Crippen molar-refractivity contribution in [3.63, 3.8) is 0 Å². The van der Waals surface area contributed by atoms with E-state index >= 15 is 0 Å². The Bertz CT molecular complexity index is 590. The SMILES string of the molecule is Cc1ccc(Br)c2nc3c(c(N)c12)CCC3. The second-order valence-electron chi connectivity index (χ2n) is 4.39. The zero-order chi connectivity index (χ0) is 11.3. The van der Waals surface area contributed by atoms with E-state index in [4.69, 9.17) is 10.7 Å². The van der Waals surface area contributed by atoms with Crippen molar-refractivity contribution in [3.05, 3.63) is 33.4 Å². The minimum Gasteiger partial charge on any atom is -0.398 e. The molecule has 1 aromatic carbocycles. The maximum absolute atomic E-state index is 6.28. The van der Waals surface area contributed by atoms with Gasteiger partial charge in [-0.2, -0.15) is 0 Å². The van der Waals surface area contributed by atoms with Gasteiger partial charge in [0, 0.05) is 21.2 Å². The van der Waals surface area contributed by atoms with Gasteiger partial charge in [0.1, 0.15) is 0 Å². The van der Waals surface area contributed by atoms with E-state index in [1.807, 2.05) is 6.07 Å². The first-order chi connectivity index (χ1) is 7.68. The molecule has 16 heavy (non-hydrogen) atoms. The summed E-state index contributed by atoms with van der Waals surface area (Å²) in [5, 5.41) is 1.12. The number of nitrogens with zero attached hydrogens (tertiary/aromatic N) is 1. The van der Waals surface area contributed by atoms with Crippen molar-refractivity contribution in [1.29, 1.82) is 0 Å². The molecule has 0 radical (unpaired) electrons. The summed E-state index contributed by atoms with van der Waals surface area (Å²) in [5.74, 6) is 0. The third-order valence-electron chi connectivity index (χ3n) is 3.37. The van der Waals surface area contributed by atoms with Crippen molar-refractivity contribution in [1.82, 2.24) is 4.98 Å². The van der Waals surface area contributed by atoms with Gasteiger partial charge >= 0.3 is 0 Å². The highest BCUT2D eigenvalue weighted by molar-refractivity contribution is 9.10. The molecule has 3 heteroatoms. The number of aromatic nitrogens is 1. The summed E-state index contributed by atoms with van der Waals surface area (Å²) in [7, 11) is 0. The fourth-order valence-electron chi connectivity index (χ4n) is 2.54. The van der Waals surface area contributed by atoms with Crippen LogP contribution in [-0.4, -0.2) is 4.98 Å². The van der Waals surface area contributed by atoms with Gasteiger partial charge in [-0.05, 0) is 59.3 Å². The number of rotatable bonds is 0. The molecular weight excluding hydrogens is 264 g/mol. The molecule has 3 rings (SSSR count). The van der Waals surface area contributed by atoms with Gasteiger partial charge < -0.3 is 5.73 Å². The van der Waals surface area contributed by atoms with Gasteiger partial charge in [0.15, 0.2) is 0 Å². The normalized spacial score (nSPS) is 14.4. The van der Waals surface area contributed by atoms with E-state index in [0.717, 1.165) is 33.9 Å². The van der Waals surface area contributed by atoms with E-state index in [1.165, 1.54) is 23.2 Å². The first kappa shape index (κ1) is 10.1. The molecule has 82 valence electrons. The fourth-order valence-corrected chi connectivity index (χ4v) is 2.96. The molecule has 2 N–H and O–H groups in total. The Morgan fingerprint density at radius 2 is 2.12 bits per heavy atom. The van der Waals surface area contributed by atoms with E-state index < -0.39 is 0 Å². The molecule has 0 amide bonds. The molecule has 0 bridgehead atoms. The Balaban J connectivity index is 2.50. The van der Waals surface area contributed by atoms with Crippen LogP contribution in [0.5, 0.6) is 0 Å². The highest BCUT2D eigenvalue weighted by atomic mass is 79.9. The first-order valence-electron chi connectivity index (χ1n) is 5.54. The van der Waals surface area contributed by atoms with Gasteiger partial charge in [0.05, 0.1) is 5.52 Å². The monoisotopic (exact) mass is 276 g/mol. The summed E-state index contributed by atoms with van der Waals surface area (Å²) in [6, 6.07) is 4.14. The van der Waals surface area contributed by atoms with Gasteiger partial charge in [-0.3, -0.25) is 4.98 Å². The van der Waals surface area contributed by atoms with Crippen molar-refractivity contribution < 1.29 is 0 Å². The van der Waals surface area contributed by atoms with Crippen molar-refractivity contribution in [2.75, 3.05) is 5.73 Å². The molecule has 0 spiro atoms. The molecule has 1 heterocycles. The molecular formula is C13H13BrN2. The third-order valence-corrected chi connectivity index (χ3v) is 4.01. The van der Waals surface area contributed by atoms with Crippen LogP contribution in [0.15, 0.2) is 16.6 Å². The lowest BCUT2D eigenvalue weighted by Gasteiger charge is -2.11. The maximum Gasteiger partial charge on any atom is 0.0870 e. The van der Waals surface area contributed by atoms with Gasteiger partial charge in [0.25, 0.3) is 0 Å². The molecule has 0 fully saturated rings. The lowest BCUT2D eigenvalue weighted by molar-refractivity contribution is 0.901. The Hall–Kier alpha value is -1.09. The van der Waals surface area contributed by atoms with Crippen molar-refractivity contribution in [3.8, 4) is 0 Å². The Kier molecular flexibility index (Phi) is 2.18. The minimum atomic E-state index is 0.941. The lowest BCUT2D eigenvalue weighted by atomic mass is 10.0. The fraction of sp³-hybridized carbons (Fsp3) is 0.308. The number of anilines is 1. The van der Waals surface area contributed by atoms with Crippen LogP contribution in [-0.2, 0) is 12.8 Å². The average Bonchev–Trinajstić information content (AvgIpc) is 2.72. The standard InChI is InChI=1S/C13H13BrN2/c1-7-5-6-9(14)13-11(7)12(15)8-3-2-4-10(8)16-13/h5-6H,2-4H2,1H3,(H2,15,16). The molecule has 2 aromatic rings. The van der Waals surface area contributed by atoms with Crippen LogP contribution in [0.25, 0.3) is 10.9 Å². The van der Waals surface area contributed by atoms with E-state index in [1.54, 1.807) is 0 Å². The van der Waals surface area contributed by atoms with Crippen molar-refractivity contribution in [2.24, 2.45) is 0 Å². The maximum atomic E-state index is 6.28. The number of hydrogen-bond donors (Lipinski definition) is 1. The van der Waals surface area contributed by atoms with Gasteiger partial charge in [0.2, 0.25) is 0 Å². The lowest BCUT2D eigenvalue weighted by Crippen LogP contribution is -2.00. The molecule has 1 aromatic heterocycles. The third kappa shape index (κ3) is 1.27. The number of benzene rings is 1. The van der Waals surface area contributed by atoms with Crippen molar-refractivity contribution >= 4 is 32.5 Å². The minimum absolute atomic E-state index is 0.941. The van der Waals surface area contributed by atoms with E-state index in [2.05, 4.69) is 28.9 Å². The topological polar surface area (TPSA) is 38.9 Å². The van der Waals surface area contributed by atoms with E-state index in [9.17, 15) is 0 Å². The van der Waals surface area contributed by atoms with Crippen LogP contribution >= 0.6 is 15.9 Å². The first-order valence-corrected chi connectivity index (χ1v) is 6.34. The van der Waals surface area contributed by atoms with E-state index in [-0.39, 0.29) is 0 Å². The molecule has 1 aliphatic rings. The number of halogens is 1. The van der Waals surface area contributed by atoms with Crippen LogP contribution in [0.3, 0.4) is 0 Å². The summed E-state index contributed by atoms with van der Waals surface area (Å²) in [6.07, 6.45) is 3.32. The Labute approximate surface area is 103 Å². The number of pyridine rings is 1. The summed E-state index contributed by atoms with van der Waals surface area (Å²) in [6.45, 7) is 2.09. The summed E-state index contributed by atoms with van der Waals surface area (Å²) < 4.78 is 1.04. The van der Waals surface area contributed by atoms with Crippen LogP contribution in [0, 0.1) is 6.92 Å². The molecule has 0 saturated carbocycles. The number of fused-ring (bicyclic) bond motifs is 2. The smallest absolute Gasteiger partial charge is 0.0870 e.